The van der Waals surface area contributed by atoms with E-state index in [0.717, 1.165) is 11.3 Å². The average molecular weight is 285 g/mol. The molecule has 0 radical (unpaired) electrons. The van der Waals surface area contributed by atoms with Crippen molar-refractivity contribution in [3.8, 4) is 0 Å². The SMILES string of the molecule is CCCN(CCO)S(=O)(=O)c1cnc(Cl)s1. The summed E-state index contributed by atoms with van der Waals surface area (Å²) in [6, 6.07) is 0. The lowest BCUT2D eigenvalue weighted by Crippen LogP contribution is -2.33. The van der Waals surface area contributed by atoms with E-state index in [1.807, 2.05) is 6.92 Å². The minimum atomic E-state index is -3.56. The van der Waals surface area contributed by atoms with Gasteiger partial charge in [-0.15, -0.1) is 0 Å². The van der Waals surface area contributed by atoms with Crippen molar-refractivity contribution in [3.63, 3.8) is 0 Å². The van der Waals surface area contributed by atoms with E-state index in [2.05, 4.69) is 4.98 Å². The van der Waals surface area contributed by atoms with E-state index < -0.39 is 10.0 Å². The molecule has 0 fully saturated rings. The summed E-state index contributed by atoms with van der Waals surface area (Å²) in [5, 5.41) is 8.83. The lowest BCUT2D eigenvalue weighted by Gasteiger charge is -2.18. The summed E-state index contributed by atoms with van der Waals surface area (Å²) in [7, 11) is -3.56. The second kappa shape index (κ2) is 5.92. The molecule has 0 saturated carbocycles. The first-order chi connectivity index (χ1) is 7.52. The predicted molar refractivity (Wildman–Crippen MR) is 63.3 cm³/mol. The van der Waals surface area contributed by atoms with Crippen LogP contribution in [-0.2, 0) is 10.0 Å². The molecule has 1 aromatic rings. The number of aliphatic hydroxyl groups is 1. The van der Waals surface area contributed by atoms with Crippen molar-refractivity contribution in [2.45, 2.75) is 17.6 Å². The monoisotopic (exact) mass is 284 g/mol. The first-order valence-corrected chi connectivity index (χ1v) is 7.38. The van der Waals surface area contributed by atoms with Gasteiger partial charge in [0.1, 0.15) is 0 Å². The molecular weight excluding hydrogens is 272 g/mol. The first kappa shape index (κ1) is 13.9. The van der Waals surface area contributed by atoms with Crippen LogP contribution < -0.4 is 0 Å². The van der Waals surface area contributed by atoms with Crippen LogP contribution in [0.3, 0.4) is 0 Å². The minimum absolute atomic E-state index is 0.0890. The van der Waals surface area contributed by atoms with Gasteiger partial charge in [0, 0.05) is 13.1 Å². The third-order valence-corrected chi connectivity index (χ3v) is 5.32. The van der Waals surface area contributed by atoms with Gasteiger partial charge in [0.25, 0.3) is 10.0 Å². The number of rotatable bonds is 6. The molecule has 0 amide bonds. The van der Waals surface area contributed by atoms with Gasteiger partial charge in [0.05, 0.1) is 12.8 Å². The highest BCUT2D eigenvalue weighted by Gasteiger charge is 2.25. The van der Waals surface area contributed by atoms with Gasteiger partial charge in [-0.05, 0) is 6.42 Å². The largest absolute Gasteiger partial charge is 0.395 e. The van der Waals surface area contributed by atoms with Crippen LogP contribution in [0.4, 0.5) is 0 Å². The number of hydrogen-bond acceptors (Lipinski definition) is 5. The maximum atomic E-state index is 12.1. The maximum absolute atomic E-state index is 12.1. The van der Waals surface area contributed by atoms with Gasteiger partial charge >= 0.3 is 0 Å². The van der Waals surface area contributed by atoms with Crippen molar-refractivity contribution in [2.24, 2.45) is 0 Å². The van der Waals surface area contributed by atoms with E-state index in [1.165, 1.54) is 10.5 Å². The molecule has 1 N–H and O–H groups in total. The summed E-state index contributed by atoms with van der Waals surface area (Å²) in [5.74, 6) is 0. The molecule has 0 aliphatic carbocycles. The molecule has 1 rings (SSSR count). The second-order valence-corrected chi connectivity index (χ2v) is 6.84. The van der Waals surface area contributed by atoms with Crippen LogP contribution in [0.1, 0.15) is 13.3 Å². The molecule has 0 aliphatic rings. The van der Waals surface area contributed by atoms with Gasteiger partial charge in [-0.2, -0.15) is 4.31 Å². The van der Waals surface area contributed by atoms with E-state index >= 15 is 0 Å². The van der Waals surface area contributed by atoms with Crippen molar-refractivity contribution < 1.29 is 13.5 Å². The fraction of sp³-hybridized carbons (Fsp3) is 0.625. The summed E-state index contributed by atoms with van der Waals surface area (Å²) in [4.78, 5) is 3.70. The highest BCUT2D eigenvalue weighted by atomic mass is 35.5. The van der Waals surface area contributed by atoms with Gasteiger partial charge in [0.15, 0.2) is 8.68 Å². The zero-order chi connectivity index (χ0) is 12.2. The Balaban J connectivity index is 2.97. The molecule has 0 saturated heterocycles. The second-order valence-electron chi connectivity index (χ2n) is 3.06. The highest BCUT2D eigenvalue weighted by Crippen LogP contribution is 2.25. The number of halogens is 1. The molecule has 92 valence electrons. The normalized spacial score (nSPS) is 12.2. The van der Waals surface area contributed by atoms with E-state index in [4.69, 9.17) is 16.7 Å². The molecule has 16 heavy (non-hydrogen) atoms. The van der Waals surface area contributed by atoms with Gasteiger partial charge in [-0.1, -0.05) is 29.9 Å². The van der Waals surface area contributed by atoms with Crippen LogP contribution in [0.2, 0.25) is 4.47 Å². The molecule has 0 atom stereocenters. The van der Waals surface area contributed by atoms with Crippen LogP contribution in [0.25, 0.3) is 0 Å². The molecule has 0 bridgehead atoms. The fourth-order valence-electron chi connectivity index (χ4n) is 1.20. The Bertz CT molecular complexity index is 426. The van der Waals surface area contributed by atoms with Crippen molar-refractivity contribution in [1.82, 2.24) is 9.29 Å². The minimum Gasteiger partial charge on any atom is -0.395 e. The average Bonchev–Trinajstić information content (AvgIpc) is 2.65. The quantitative estimate of drug-likeness (QED) is 0.852. The van der Waals surface area contributed by atoms with E-state index in [0.29, 0.717) is 13.0 Å². The molecule has 1 heterocycles. The summed E-state index contributed by atoms with van der Waals surface area (Å²) in [6.07, 6.45) is 1.92. The molecule has 5 nitrogen and oxygen atoms in total. The Hall–Kier alpha value is -0.210. The van der Waals surface area contributed by atoms with E-state index in [1.54, 1.807) is 0 Å². The summed E-state index contributed by atoms with van der Waals surface area (Å²) in [6.45, 7) is 2.13. The Labute approximate surface area is 104 Å². The zero-order valence-electron chi connectivity index (χ0n) is 8.76. The summed E-state index contributed by atoms with van der Waals surface area (Å²) in [5.41, 5.74) is 0. The molecule has 0 aliphatic heterocycles. The lowest BCUT2D eigenvalue weighted by atomic mass is 10.5. The van der Waals surface area contributed by atoms with E-state index in [9.17, 15) is 8.42 Å². The molecule has 0 spiro atoms. The lowest BCUT2D eigenvalue weighted by molar-refractivity contribution is 0.254. The smallest absolute Gasteiger partial charge is 0.254 e. The third-order valence-electron chi connectivity index (χ3n) is 1.87. The highest BCUT2D eigenvalue weighted by molar-refractivity contribution is 7.91. The van der Waals surface area contributed by atoms with Crippen molar-refractivity contribution >= 4 is 33.0 Å². The molecule has 0 unspecified atom stereocenters. The predicted octanol–water partition coefficient (Wildman–Crippen LogP) is 1.19. The standard InChI is InChI=1S/C8H13ClN2O3S2/c1-2-3-11(4-5-12)16(13,14)7-6-10-8(9)15-7/h6,12H,2-5H2,1H3. The van der Waals surface area contributed by atoms with Crippen LogP contribution in [-0.4, -0.2) is 42.5 Å². The van der Waals surface area contributed by atoms with Crippen molar-refractivity contribution in [3.05, 3.63) is 10.7 Å². The van der Waals surface area contributed by atoms with Crippen LogP contribution >= 0.6 is 22.9 Å². The van der Waals surface area contributed by atoms with E-state index in [-0.39, 0.29) is 21.8 Å². The topological polar surface area (TPSA) is 70.5 Å². The maximum Gasteiger partial charge on any atom is 0.254 e. The molecule has 0 aromatic carbocycles. The zero-order valence-corrected chi connectivity index (χ0v) is 11.1. The molecule has 1 aromatic heterocycles. The number of aliphatic hydroxyl groups excluding tert-OH is 1. The third kappa shape index (κ3) is 3.14. The Morgan fingerprint density at radius 3 is 2.69 bits per heavy atom. The van der Waals surface area contributed by atoms with Gasteiger partial charge in [-0.3, -0.25) is 0 Å². The van der Waals surface area contributed by atoms with Gasteiger partial charge < -0.3 is 5.11 Å². The van der Waals surface area contributed by atoms with Crippen molar-refractivity contribution in [2.75, 3.05) is 19.7 Å². The molecular formula is C8H13ClN2O3S2. The number of thiazole rings is 1. The Morgan fingerprint density at radius 2 is 2.25 bits per heavy atom. The Kier molecular flexibility index (Phi) is 5.13. The van der Waals surface area contributed by atoms with Gasteiger partial charge in [-0.25, -0.2) is 13.4 Å². The number of nitrogens with zero attached hydrogens (tertiary/aromatic N) is 2. The summed E-state index contributed by atoms with van der Waals surface area (Å²) < 4.78 is 25.6. The number of aromatic nitrogens is 1. The number of hydrogen-bond donors (Lipinski definition) is 1. The molecule has 8 heteroatoms. The van der Waals surface area contributed by atoms with Gasteiger partial charge in [0.2, 0.25) is 0 Å². The van der Waals surface area contributed by atoms with Crippen LogP contribution in [0, 0.1) is 0 Å². The van der Waals surface area contributed by atoms with Crippen LogP contribution in [0.5, 0.6) is 0 Å². The Morgan fingerprint density at radius 1 is 1.56 bits per heavy atom. The summed E-state index contributed by atoms with van der Waals surface area (Å²) >= 11 is 6.52. The number of sulfonamides is 1. The van der Waals surface area contributed by atoms with Crippen molar-refractivity contribution in [1.29, 1.82) is 0 Å². The van der Waals surface area contributed by atoms with Crippen LogP contribution in [0.15, 0.2) is 10.4 Å². The first-order valence-electron chi connectivity index (χ1n) is 4.74. The fourth-order valence-corrected chi connectivity index (χ4v) is 4.17.